The maximum absolute atomic E-state index is 15.8. The van der Waals surface area contributed by atoms with Gasteiger partial charge >= 0.3 is 12.2 Å². The van der Waals surface area contributed by atoms with Crippen molar-refractivity contribution in [2.45, 2.75) is 84.6 Å². The first-order chi connectivity index (χ1) is 17.5. The SMILES string of the molecule is CCN(CC)C(=O)Oc1cc(Cl)c(Cl)c(F)c1[C@H](N[S@@](=O)C(C)(C)C)C1CCN(C(=O)OC(C)(C)C)CC1. The number of piperidine rings is 1. The Kier molecular flexibility index (Phi) is 11.3. The molecule has 0 bridgehead atoms. The maximum Gasteiger partial charge on any atom is 0.415 e. The number of benzene rings is 1. The van der Waals surface area contributed by atoms with Crippen LogP contribution >= 0.6 is 23.2 Å². The molecule has 1 aliphatic heterocycles. The van der Waals surface area contributed by atoms with Gasteiger partial charge in [0.25, 0.3) is 0 Å². The molecule has 1 aliphatic rings. The van der Waals surface area contributed by atoms with Crippen molar-refractivity contribution in [3.05, 3.63) is 27.5 Å². The van der Waals surface area contributed by atoms with Crippen molar-refractivity contribution in [1.29, 1.82) is 0 Å². The van der Waals surface area contributed by atoms with Crippen LogP contribution in [0.25, 0.3) is 0 Å². The molecule has 8 nitrogen and oxygen atoms in total. The van der Waals surface area contributed by atoms with Crippen LogP contribution in [0.5, 0.6) is 5.75 Å². The van der Waals surface area contributed by atoms with Gasteiger partial charge in [0.1, 0.15) is 11.4 Å². The molecule has 2 amide bonds. The largest absolute Gasteiger partial charge is 0.444 e. The fourth-order valence-corrected chi connectivity index (χ4v) is 5.26. The van der Waals surface area contributed by atoms with E-state index in [0.717, 1.165) is 0 Å². The second-order valence-electron chi connectivity index (χ2n) is 11.2. The van der Waals surface area contributed by atoms with Crippen molar-refractivity contribution in [3.8, 4) is 5.75 Å². The summed E-state index contributed by atoms with van der Waals surface area (Å²) in [5.41, 5.74) is -0.651. The molecule has 1 N–H and O–H groups in total. The quantitative estimate of drug-likeness (QED) is 0.354. The van der Waals surface area contributed by atoms with Gasteiger partial charge in [0.15, 0.2) is 5.82 Å². The van der Waals surface area contributed by atoms with E-state index in [1.54, 1.807) is 60.3 Å². The minimum absolute atomic E-state index is 0.0202. The zero-order chi connectivity index (χ0) is 29.0. The number of nitrogens with zero attached hydrogens (tertiary/aromatic N) is 2. The predicted octanol–water partition coefficient (Wildman–Crippen LogP) is 6.71. The molecular formula is C26H40Cl2FN3O5S. The van der Waals surface area contributed by atoms with Gasteiger partial charge in [-0.25, -0.2) is 22.9 Å². The van der Waals surface area contributed by atoms with Crippen LogP contribution in [-0.4, -0.2) is 62.7 Å². The third-order valence-electron chi connectivity index (χ3n) is 6.14. The van der Waals surface area contributed by atoms with E-state index in [0.29, 0.717) is 39.0 Å². The molecule has 0 aliphatic carbocycles. The number of hydrogen-bond donors (Lipinski definition) is 1. The summed E-state index contributed by atoms with van der Waals surface area (Å²) in [6.45, 7) is 15.9. The summed E-state index contributed by atoms with van der Waals surface area (Å²) in [6.07, 6.45) is -0.166. The number of carbonyl (C=O) groups is 2. The first-order valence-electron chi connectivity index (χ1n) is 12.8. The van der Waals surface area contributed by atoms with E-state index in [1.807, 2.05) is 0 Å². The fourth-order valence-electron chi connectivity index (χ4n) is 4.03. The number of carbonyl (C=O) groups excluding carboxylic acids is 2. The maximum atomic E-state index is 15.8. The van der Waals surface area contributed by atoms with Crippen LogP contribution in [0.15, 0.2) is 6.07 Å². The standard InChI is InChI=1S/C26H40Cl2FN3O5S/c1-9-31(10-2)23(33)36-18-15-17(27)20(28)21(29)19(18)22(30-38(35)26(6,7)8)16-11-13-32(14-12-16)24(34)37-25(3,4)5/h15-16,22,30H,9-14H2,1-8H3/t22-,38+/m1/s1. The monoisotopic (exact) mass is 595 g/mol. The number of rotatable bonds is 7. The Hall–Kier alpha value is -1.62. The van der Waals surface area contributed by atoms with Crippen LogP contribution in [0.2, 0.25) is 10.0 Å². The normalized spacial score (nSPS) is 16.7. The highest BCUT2D eigenvalue weighted by Crippen LogP contribution is 2.43. The lowest BCUT2D eigenvalue weighted by Crippen LogP contribution is -2.45. The zero-order valence-corrected chi connectivity index (χ0v) is 25.8. The van der Waals surface area contributed by atoms with Gasteiger partial charge in [-0.15, -0.1) is 0 Å². The van der Waals surface area contributed by atoms with Crippen LogP contribution in [0.4, 0.5) is 14.0 Å². The number of nitrogens with one attached hydrogen (secondary N) is 1. The first-order valence-corrected chi connectivity index (χ1v) is 14.7. The number of amides is 2. The van der Waals surface area contributed by atoms with Crippen LogP contribution in [0.3, 0.4) is 0 Å². The van der Waals surface area contributed by atoms with Crippen LogP contribution < -0.4 is 9.46 Å². The van der Waals surface area contributed by atoms with Gasteiger partial charge in [0.2, 0.25) is 0 Å². The minimum atomic E-state index is -1.60. The van der Waals surface area contributed by atoms with Gasteiger partial charge in [-0.05, 0) is 74.1 Å². The van der Waals surface area contributed by atoms with E-state index in [2.05, 4.69) is 4.72 Å². The van der Waals surface area contributed by atoms with Crippen molar-refractivity contribution in [2.75, 3.05) is 26.2 Å². The van der Waals surface area contributed by atoms with E-state index < -0.39 is 45.4 Å². The Morgan fingerprint density at radius 3 is 2.18 bits per heavy atom. The smallest absolute Gasteiger partial charge is 0.415 e. The van der Waals surface area contributed by atoms with E-state index in [9.17, 15) is 13.8 Å². The summed E-state index contributed by atoms with van der Waals surface area (Å²) in [5, 5.41) is -0.422. The molecule has 1 fully saturated rings. The molecule has 216 valence electrons. The lowest BCUT2D eigenvalue weighted by molar-refractivity contribution is 0.0171. The summed E-state index contributed by atoms with van der Waals surface area (Å²) in [6, 6.07) is 0.471. The summed E-state index contributed by atoms with van der Waals surface area (Å²) in [7, 11) is -1.60. The Labute approximate surface area is 238 Å². The van der Waals surface area contributed by atoms with E-state index in [4.69, 9.17) is 32.7 Å². The summed E-state index contributed by atoms with van der Waals surface area (Å²) < 4.78 is 42.6. The molecule has 0 radical (unpaired) electrons. The molecule has 0 spiro atoms. The molecule has 1 heterocycles. The van der Waals surface area contributed by atoms with Crippen molar-refractivity contribution in [1.82, 2.24) is 14.5 Å². The van der Waals surface area contributed by atoms with Crippen LogP contribution in [0, 0.1) is 11.7 Å². The topological polar surface area (TPSA) is 88.2 Å². The van der Waals surface area contributed by atoms with E-state index in [1.165, 1.54) is 11.0 Å². The highest BCUT2D eigenvalue weighted by molar-refractivity contribution is 7.84. The third-order valence-corrected chi connectivity index (χ3v) is 8.49. The van der Waals surface area contributed by atoms with Gasteiger partial charge in [0, 0.05) is 32.2 Å². The number of likely N-dealkylation sites (tertiary alicyclic amines) is 1. The molecule has 1 aromatic rings. The van der Waals surface area contributed by atoms with Gasteiger partial charge < -0.3 is 19.3 Å². The van der Waals surface area contributed by atoms with Crippen LogP contribution in [-0.2, 0) is 15.7 Å². The number of ether oxygens (including phenoxy) is 2. The second kappa shape index (κ2) is 13.2. The highest BCUT2D eigenvalue weighted by atomic mass is 35.5. The molecule has 12 heteroatoms. The van der Waals surface area contributed by atoms with Gasteiger partial charge in [-0.3, -0.25) is 0 Å². The van der Waals surface area contributed by atoms with Crippen molar-refractivity contribution >= 4 is 46.4 Å². The molecule has 1 saturated heterocycles. The molecule has 0 unspecified atom stereocenters. The first kappa shape index (κ1) is 32.6. The van der Waals surface area contributed by atoms with Crippen molar-refractivity contribution < 1.29 is 27.7 Å². The molecule has 2 atom stereocenters. The molecule has 0 aromatic heterocycles. The average molecular weight is 597 g/mol. The van der Waals surface area contributed by atoms with Gasteiger partial charge in [-0.1, -0.05) is 23.2 Å². The number of halogens is 3. The number of hydrogen-bond acceptors (Lipinski definition) is 5. The van der Waals surface area contributed by atoms with E-state index in [-0.39, 0.29) is 27.3 Å². The average Bonchev–Trinajstić information content (AvgIpc) is 2.81. The fraction of sp³-hybridized carbons (Fsp3) is 0.692. The third kappa shape index (κ3) is 8.44. The van der Waals surface area contributed by atoms with Crippen molar-refractivity contribution in [3.63, 3.8) is 0 Å². The van der Waals surface area contributed by atoms with E-state index >= 15 is 4.39 Å². The molecule has 2 rings (SSSR count). The zero-order valence-electron chi connectivity index (χ0n) is 23.5. The highest BCUT2D eigenvalue weighted by Gasteiger charge is 2.38. The molecule has 0 saturated carbocycles. The van der Waals surface area contributed by atoms with Gasteiger partial charge in [0.05, 0.1) is 37.4 Å². The summed E-state index contributed by atoms with van der Waals surface area (Å²) in [4.78, 5) is 28.4. The van der Waals surface area contributed by atoms with Crippen LogP contribution in [0.1, 0.15) is 79.8 Å². The lowest BCUT2D eigenvalue weighted by Gasteiger charge is -2.38. The molecule has 1 aromatic carbocycles. The van der Waals surface area contributed by atoms with Gasteiger partial charge in [-0.2, -0.15) is 0 Å². The summed E-state index contributed by atoms with van der Waals surface area (Å²) in [5.74, 6) is -1.20. The Balaban J connectivity index is 2.50. The minimum Gasteiger partial charge on any atom is -0.444 e. The Morgan fingerprint density at radius 2 is 1.71 bits per heavy atom. The Bertz CT molecular complexity index is 1030. The summed E-state index contributed by atoms with van der Waals surface area (Å²) >= 11 is 12.4. The molecule has 38 heavy (non-hydrogen) atoms. The lowest BCUT2D eigenvalue weighted by atomic mass is 9.85. The Morgan fingerprint density at radius 1 is 1.16 bits per heavy atom. The molecular weight excluding hydrogens is 556 g/mol. The second-order valence-corrected chi connectivity index (χ2v) is 14.0. The van der Waals surface area contributed by atoms with Crippen molar-refractivity contribution in [2.24, 2.45) is 5.92 Å². The predicted molar refractivity (Wildman–Crippen MR) is 150 cm³/mol.